The number of ether oxygens (including phenoxy) is 1. The van der Waals surface area contributed by atoms with Crippen LogP contribution in [0.15, 0.2) is 36.7 Å². The van der Waals surface area contributed by atoms with Crippen molar-refractivity contribution in [1.29, 1.82) is 5.41 Å². The van der Waals surface area contributed by atoms with Crippen molar-refractivity contribution in [2.75, 3.05) is 12.4 Å². The van der Waals surface area contributed by atoms with Crippen LogP contribution in [-0.4, -0.2) is 17.9 Å². The van der Waals surface area contributed by atoms with Crippen molar-refractivity contribution in [3.8, 4) is 5.75 Å². The van der Waals surface area contributed by atoms with E-state index in [9.17, 15) is 4.39 Å². The highest BCUT2D eigenvalue weighted by Crippen LogP contribution is 2.21. The quantitative estimate of drug-likeness (QED) is 0.669. The van der Waals surface area contributed by atoms with Crippen molar-refractivity contribution in [2.45, 2.75) is 0 Å². The molecule has 0 radical (unpaired) electrons. The van der Waals surface area contributed by atoms with Crippen LogP contribution in [0.5, 0.6) is 5.75 Å². The molecule has 0 fully saturated rings. The summed E-state index contributed by atoms with van der Waals surface area (Å²) in [5, 5.41) is 10.8. The van der Waals surface area contributed by atoms with Gasteiger partial charge < -0.3 is 10.1 Å². The van der Waals surface area contributed by atoms with Gasteiger partial charge in [0.15, 0.2) is 0 Å². The van der Waals surface area contributed by atoms with E-state index in [1.807, 2.05) is 0 Å². The number of hydrogen-bond acceptors (Lipinski definition) is 3. The summed E-state index contributed by atoms with van der Waals surface area (Å²) >= 11 is 5.60. The normalized spacial score (nSPS) is 10.1. The molecule has 0 aliphatic carbocycles. The molecule has 4 nitrogen and oxygen atoms in total. The maximum atomic E-state index is 13.3. The molecule has 0 atom stereocenters. The molecule has 0 aliphatic heterocycles. The lowest BCUT2D eigenvalue weighted by Gasteiger charge is -2.11. The number of benzene rings is 1. The molecule has 2 rings (SSSR count). The standard InChI is InChI=1S/C13H11ClFN3O/c1-19-12-7-17-5-4-9(12)13(16)18-8-2-3-10(14)11(15)6-8/h2-7H,1H3,(H2,16,18). The molecule has 0 unspecified atom stereocenters. The minimum atomic E-state index is -0.541. The molecule has 2 N–H and O–H groups in total. The van der Waals surface area contributed by atoms with Crippen molar-refractivity contribution >= 4 is 23.1 Å². The van der Waals surface area contributed by atoms with Crippen molar-refractivity contribution < 1.29 is 9.13 Å². The number of nitrogens with zero attached hydrogens (tertiary/aromatic N) is 1. The Hall–Kier alpha value is -2.14. The van der Waals surface area contributed by atoms with E-state index in [2.05, 4.69) is 10.3 Å². The van der Waals surface area contributed by atoms with Gasteiger partial charge in [-0.25, -0.2) is 4.39 Å². The number of hydrogen-bond donors (Lipinski definition) is 2. The molecule has 0 saturated carbocycles. The molecule has 6 heteroatoms. The van der Waals surface area contributed by atoms with Gasteiger partial charge in [0, 0.05) is 11.9 Å². The number of amidine groups is 1. The van der Waals surface area contributed by atoms with Gasteiger partial charge >= 0.3 is 0 Å². The van der Waals surface area contributed by atoms with Crippen LogP contribution in [0.2, 0.25) is 5.02 Å². The van der Waals surface area contributed by atoms with Crippen molar-refractivity contribution in [3.05, 3.63) is 53.1 Å². The van der Waals surface area contributed by atoms with E-state index in [-0.39, 0.29) is 10.9 Å². The summed E-state index contributed by atoms with van der Waals surface area (Å²) in [6.07, 6.45) is 3.06. The fraction of sp³-hybridized carbons (Fsp3) is 0.0769. The number of pyridine rings is 1. The van der Waals surface area contributed by atoms with E-state index in [1.165, 1.54) is 25.4 Å². The molecule has 1 heterocycles. The van der Waals surface area contributed by atoms with Gasteiger partial charge in [0.1, 0.15) is 17.4 Å². The molecule has 0 aliphatic rings. The third-order valence-electron chi connectivity index (χ3n) is 2.46. The van der Waals surface area contributed by atoms with Crippen LogP contribution in [0, 0.1) is 11.2 Å². The van der Waals surface area contributed by atoms with Gasteiger partial charge in [0.25, 0.3) is 0 Å². The zero-order chi connectivity index (χ0) is 13.8. The Bertz CT molecular complexity index is 619. The average molecular weight is 280 g/mol. The van der Waals surface area contributed by atoms with E-state index in [0.29, 0.717) is 17.0 Å². The Balaban J connectivity index is 2.23. The molecule has 19 heavy (non-hydrogen) atoms. The topological polar surface area (TPSA) is 58.0 Å². The first-order valence-electron chi connectivity index (χ1n) is 5.41. The number of nitrogens with one attached hydrogen (secondary N) is 2. The molecule has 0 amide bonds. The first kappa shape index (κ1) is 13.3. The summed E-state index contributed by atoms with van der Waals surface area (Å²) in [5.74, 6) is 0.0107. The van der Waals surface area contributed by atoms with Gasteiger partial charge in [0.05, 0.1) is 23.9 Å². The van der Waals surface area contributed by atoms with Crippen LogP contribution in [0.1, 0.15) is 5.56 Å². The third-order valence-corrected chi connectivity index (χ3v) is 2.77. The molecular formula is C13H11ClFN3O. The molecule has 2 aromatic rings. The Morgan fingerprint density at radius 2 is 2.21 bits per heavy atom. The zero-order valence-corrected chi connectivity index (χ0v) is 10.8. The summed E-state index contributed by atoms with van der Waals surface area (Å²) in [5.41, 5.74) is 0.971. The molecule has 98 valence electrons. The second-order valence-electron chi connectivity index (χ2n) is 3.70. The molecule has 0 spiro atoms. The van der Waals surface area contributed by atoms with Crippen LogP contribution in [-0.2, 0) is 0 Å². The van der Waals surface area contributed by atoms with E-state index < -0.39 is 5.82 Å². The Kier molecular flexibility index (Phi) is 3.97. The van der Waals surface area contributed by atoms with E-state index >= 15 is 0 Å². The van der Waals surface area contributed by atoms with Crippen LogP contribution >= 0.6 is 11.6 Å². The van der Waals surface area contributed by atoms with Gasteiger partial charge in [-0.05, 0) is 24.3 Å². The van der Waals surface area contributed by atoms with Crippen LogP contribution in [0.25, 0.3) is 0 Å². The maximum Gasteiger partial charge on any atom is 0.148 e. The fourth-order valence-electron chi connectivity index (χ4n) is 1.53. The molecule has 0 bridgehead atoms. The number of rotatable bonds is 3. The van der Waals surface area contributed by atoms with E-state index in [0.717, 1.165) is 0 Å². The van der Waals surface area contributed by atoms with Gasteiger partial charge in [-0.15, -0.1) is 0 Å². The lowest BCUT2D eigenvalue weighted by Crippen LogP contribution is -2.13. The first-order chi connectivity index (χ1) is 9.11. The zero-order valence-electron chi connectivity index (χ0n) is 10.1. The number of methoxy groups -OCH3 is 1. The predicted octanol–water partition coefficient (Wildman–Crippen LogP) is 3.32. The fourth-order valence-corrected chi connectivity index (χ4v) is 1.65. The monoisotopic (exact) mass is 279 g/mol. The first-order valence-corrected chi connectivity index (χ1v) is 5.78. The highest BCUT2D eigenvalue weighted by molar-refractivity contribution is 6.30. The second kappa shape index (κ2) is 5.67. The molecule has 0 saturated heterocycles. The lowest BCUT2D eigenvalue weighted by atomic mass is 10.2. The van der Waals surface area contributed by atoms with Crippen molar-refractivity contribution in [2.24, 2.45) is 0 Å². The number of aromatic nitrogens is 1. The van der Waals surface area contributed by atoms with Gasteiger partial charge in [-0.2, -0.15) is 0 Å². The largest absolute Gasteiger partial charge is 0.494 e. The summed E-state index contributed by atoms with van der Waals surface area (Å²) in [4.78, 5) is 3.90. The summed E-state index contributed by atoms with van der Waals surface area (Å²) in [6, 6.07) is 5.88. The maximum absolute atomic E-state index is 13.3. The third kappa shape index (κ3) is 3.00. The molecule has 1 aromatic heterocycles. The highest BCUT2D eigenvalue weighted by atomic mass is 35.5. The minimum Gasteiger partial charge on any atom is -0.494 e. The number of anilines is 1. The van der Waals surface area contributed by atoms with Crippen LogP contribution in [0.3, 0.4) is 0 Å². The average Bonchev–Trinajstić information content (AvgIpc) is 2.43. The Labute approximate surface area is 114 Å². The second-order valence-corrected chi connectivity index (χ2v) is 4.11. The predicted molar refractivity (Wildman–Crippen MR) is 72.7 cm³/mol. The van der Waals surface area contributed by atoms with Crippen molar-refractivity contribution in [3.63, 3.8) is 0 Å². The lowest BCUT2D eigenvalue weighted by molar-refractivity contribution is 0.412. The SMILES string of the molecule is COc1cnccc1C(=N)Nc1ccc(Cl)c(F)c1. The Morgan fingerprint density at radius 1 is 1.42 bits per heavy atom. The van der Waals surface area contributed by atoms with Gasteiger partial charge in [-0.1, -0.05) is 11.6 Å². The highest BCUT2D eigenvalue weighted by Gasteiger charge is 2.09. The summed E-state index contributed by atoms with van der Waals surface area (Å²) in [7, 11) is 1.50. The number of halogens is 2. The minimum absolute atomic E-state index is 0.0403. The van der Waals surface area contributed by atoms with Gasteiger partial charge in [-0.3, -0.25) is 10.4 Å². The van der Waals surface area contributed by atoms with E-state index in [4.69, 9.17) is 21.7 Å². The Morgan fingerprint density at radius 3 is 2.89 bits per heavy atom. The molecule has 1 aromatic carbocycles. The van der Waals surface area contributed by atoms with Crippen LogP contribution < -0.4 is 10.1 Å². The van der Waals surface area contributed by atoms with Crippen LogP contribution in [0.4, 0.5) is 10.1 Å². The van der Waals surface area contributed by atoms with E-state index in [1.54, 1.807) is 18.3 Å². The summed E-state index contributed by atoms with van der Waals surface area (Å²) < 4.78 is 18.4. The van der Waals surface area contributed by atoms with Crippen molar-refractivity contribution in [1.82, 2.24) is 4.98 Å². The van der Waals surface area contributed by atoms with Gasteiger partial charge in [0.2, 0.25) is 0 Å². The summed E-state index contributed by atoms with van der Waals surface area (Å²) in [6.45, 7) is 0. The smallest absolute Gasteiger partial charge is 0.148 e. The molecular weight excluding hydrogens is 269 g/mol.